The predicted molar refractivity (Wildman–Crippen MR) is 61.8 cm³/mol. The largest absolute Gasteiger partial charge is 0.550 e. The average Bonchev–Trinajstić information content (AvgIpc) is 2.67. The lowest BCUT2D eigenvalue weighted by Crippen LogP contribution is -2.46. The number of furan rings is 1. The maximum absolute atomic E-state index is 12.3. The van der Waals surface area contributed by atoms with E-state index in [-0.39, 0.29) is 12.5 Å². The van der Waals surface area contributed by atoms with Crippen molar-refractivity contribution in [1.82, 2.24) is 4.90 Å². The Morgan fingerprint density at radius 3 is 2.72 bits per heavy atom. The maximum Gasteiger partial charge on any atom is 0.257 e. The molecule has 2 heterocycles. The van der Waals surface area contributed by atoms with Crippen LogP contribution in [-0.4, -0.2) is 29.9 Å². The van der Waals surface area contributed by atoms with Gasteiger partial charge in [0.25, 0.3) is 5.91 Å². The molecular weight excluding hydrogens is 234 g/mol. The molecule has 1 saturated heterocycles. The summed E-state index contributed by atoms with van der Waals surface area (Å²) in [5.41, 5.74) is 0.520. The van der Waals surface area contributed by atoms with Crippen LogP contribution in [-0.2, 0) is 4.79 Å². The quantitative estimate of drug-likeness (QED) is 0.766. The molecule has 0 saturated carbocycles. The fourth-order valence-electron chi connectivity index (χ4n) is 2.37. The van der Waals surface area contributed by atoms with E-state index in [4.69, 9.17) is 4.42 Å². The Morgan fingerprint density at radius 1 is 1.44 bits per heavy atom. The van der Waals surface area contributed by atoms with Gasteiger partial charge in [-0.3, -0.25) is 4.79 Å². The van der Waals surface area contributed by atoms with Crippen molar-refractivity contribution < 1.29 is 19.1 Å². The van der Waals surface area contributed by atoms with E-state index in [0.29, 0.717) is 36.5 Å². The van der Waals surface area contributed by atoms with Gasteiger partial charge < -0.3 is 19.2 Å². The number of nitrogens with zero attached hydrogens (tertiary/aromatic N) is 1. The Kier molecular flexibility index (Phi) is 3.41. The van der Waals surface area contributed by atoms with Crippen molar-refractivity contribution >= 4 is 11.9 Å². The molecule has 0 bridgehead atoms. The van der Waals surface area contributed by atoms with Gasteiger partial charge in [-0.15, -0.1) is 0 Å². The highest BCUT2D eigenvalue weighted by Gasteiger charge is 2.27. The molecule has 98 valence electrons. The third-order valence-electron chi connectivity index (χ3n) is 3.31. The third kappa shape index (κ3) is 2.39. The number of carbonyl (C=O) groups excluding carboxylic acids is 2. The minimum atomic E-state index is -1.08. The summed E-state index contributed by atoms with van der Waals surface area (Å²) in [6.45, 7) is 4.33. The van der Waals surface area contributed by atoms with Crippen molar-refractivity contribution in [3.63, 3.8) is 0 Å². The van der Waals surface area contributed by atoms with Gasteiger partial charge in [0.1, 0.15) is 11.5 Å². The predicted octanol–water partition coefficient (Wildman–Crippen LogP) is 0.499. The minimum Gasteiger partial charge on any atom is -0.550 e. The molecule has 1 fully saturated rings. The van der Waals surface area contributed by atoms with Crippen LogP contribution in [0, 0.1) is 19.8 Å². The van der Waals surface area contributed by atoms with Gasteiger partial charge in [0, 0.05) is 25.0 Å². The number of rotatable bonds is 2. The molecule has 5 nitrogen and oxygen atoms in total. The van der Waals surface area contributed by atoms with Crippen LogP contribution >= 0.6 is 0 Å². The SMILES string of the molecule is Cc1cc(C(=O)N2CCC[C@@H](C(=O)[O-])C2)c(C)o1. The average molecular weight is 250 g/mol. The second-order valence-electron chi connectivity index (χ2n) is 4.74. The molecule has 0 aliphatic carbocycles. The lowest BCUT2D eigenvalue weighted by molar-refractivity contribution is -0.312. The first-order chi connectivity index (χ1) is 8.49. The van der Waals surface area contributed by atoms with Crippen molar-refractivity contribution in [1.29, 1.82) is 0 Å². The van der Waals surface area contributed by atoms with Crippen molar-refractivity contribution in [3.8, 4) is 0 Å². The van der Waals surface area contributed by atoms with Crippen LogP contribution in [0.4, 0.5) is 0 Å². The van der Waals surface area contributed by atoms with Gasteiger partial charge in [-0.05, 0) is 32.8 Å². The number of carboxylic acids is 1. The monoisotopic (exact) mass is 250 g/mol. The lowest BCUT2D eigenvalue weighted by atomic mass is 9.97. The standard InChI is InChI=1S/C13H17NO4/c1-8-6-11(9(2)18-8)12(15)14-5-3-4-10(7-14)13(16)17/h6,10H,3-5,7H2,1-2H3,(H,16,17)/p-1/t10-/m1/s1. The van der Waals surface area contributed by atoms with Gasteiger partial charge >= 0.3 is 0 Å². The Labute approximate surface area is 105 Å². The second-order valence-corrected chi connectivity index (χ2v) is 4.74. The van der Waals surface area contributed by atoms with Gasteiger partial charge in [-0.2, -0.15) is 0 Å². The van der Waals surface area contributed by atoms with Gasteiger partial charge in [0.2, 0.25) is 0 Å². The highest BCUT2D eigenvalue weighted by molar-refractivity contribution is 5.95. The summed E-state index contributed by atoms with van der Waals surface area (Å²) < 4.78 is 5.32. The fraction of sp³-hybridized carbons (Fsp3) is 0.538. The zero-order valence-corrected chi connectivity index (χ0v) is 10.6. The maximum atomic E-state index is 12.3. The van der Waals surface area contributed by atoms with Crippen LogP contribution in [0.15, 0.2) is 10.5 Å². The lowest BCUT2D eigenvalue weighted by Gasteiger charge is -2.33. The molecule has 1 aromatic heterocycles. The van der Waals surface area contributed by atoms with Crippen molar-refractivity contribution in [2.75, 3.05) is 13.1 Å². The van der Waals surface area contributed by atoms with E-state index in [1.807, 2.05) is 0 Å². The first kappa shape index (κ1) is 12.7. The minimum absolute atomic E-state index is 0.157. The number of aryl methyl sites for hydroxylation is 2. The molecule has 0 N–H and O–H groups in total. The molecular formula is C13H16NO4-. The number of aliphatic carboxylic acids is 1. The van der Waals surface area contributed by atoms with Crippen molar-refractivity contribution in [2.24, 2.45) is 5.92 Å². The van der Waals surface area contributed by atoms with Crippen LogP contribution < -0.4 is 5.11 Å². The number of piperidine rings is 1. The van der Waals surface area contributed by atoms with Gasteiger partial charge in [-0.1, -0.05) is 0 Å². The van der Waals surface area contributed by atoms with Crippen LogP contribution in [0.2, 0.25) is 0 Å². The van der Waals surface area contributed by atoms with Crippen LogP contribution in [0.5, 0.6) is 0 Å². The molecule has 1 aromatic rings. The molecule has 1 aliphatic heterocycles. The molecule has 1 amide bonds. The molecule has 0 aromatic carbocycles. The summed E-state index contributed by atoms with van der Waals surface area (Å²) in [6.07, 6.45) is 1.27. The zero-order valence-electron chi connectivity index (χ0n) is 10.6. The molecule has 0 unspecified atom stereocenters. The van der Waals surface area contributed by atoms with E-state index in [1.54, 1.807) is 24.8 Å². The normalized spacial score (nSPS) is 19.9. The second kappa shape index (κ2) is 4.84. The molecule has 0 spiro atoms. The summed E-state index contributed by atoms with van der Waals surface area (Å²) in [7, 11) is 0. The summed E-state index contributed by atoms with van der Waals surface area (Å²) in [5, 5.41) is 10.9. The summed E-state index contributed by atoms with van der Waals surface area (Å²) in [5.74, 6) is -0.531. The molecule has 1 atom stereocenters. The van der Waals surface area contributed by atoms with Crippen LogP contribution in [0.3, 0.4) is 0 Å². The third-order valence-corrected chi connectivity index (χ3v) is 3.31. The number of likely N-dealkylation sites (tertiary alicyclic amines) is 1. The molecule has 0 radical (unpaired) electrons. The topological polar surface area (TPSA) is 73.6 Å². The Balaban J connectivity index is 2.14. The zero-order chi connectivity index (χ0) is 13.3. The van der Waals surface area contributed by atoms with Gasteiger partial charge in [0.15, 0.2) is 0 Å². The Hall–Kier alpha value is -1.78. The van der Waals surface area contributed by atoms with E-state index in [0.717, 1.165) is 0 Å². The van der Waals surface area contributed by atoms with Gasteiger partial charge in [-0.25, -0.2) is 0 Å². The van der Waals surface area contributed by atoms with Crippen LogP contribution in [0.1, 0.15) is 34.7 Å². The molecule has 5 heteroatoms. The molecule has 1 aliphatic rings. The van der Waals surface area contributed by atoms with E-state index >= 15 is 0 Å². The van der Waals surface area contributed by atoms with E-state index < -0.39 is 11.9 Å². The number of carbonyl (C=O) groups is 2. The fourth-order valence-corrected chi connectivity index (χ4v) is 2.37. The number of hydrogen-bond donors (Lipinski definition) is 0. The van der Waals surface area contributed by atoms with E-state index in [2.05, 4.69) is 0 Å². The van der Waals surface area contributed by atoms with E-state index in [9.17, 15) is 14.7 Å². The first-order valence-corrected chi connectivity index (χ1v) is 6.06. The summed E-state index contributed by atoms with van der Waals surface area (Å²) in [4.78, 5) is 24.7. The molecule has 18 heavy (non-hydrogen) atoms. The summed E-state index contributed by atoms with van der Waals surface area (Å²) in [6, 6.07) is 1.69. The first-order valence-electron chi connectivity index (χ1n) is 6.06. The van der Waals surface area contributed by atoms with Crippen molar-refractivity contribution in [2.45, 2.75) is 26.7 Å². The smallest absolute Gasteiger partial charge is 0.257 e. The highest BCUT2D eigenvalue weighted by Crippen LogP contribution is 2.21. The Morgan fingerprint density at radius 2 is 2.17 bits per heavy atom. The highest BCUT2D eigenvalue weighted by atomic mass is 16.4. The van der Waals surface area contributed by atoms with Crippen molar-refractivity contribution in [3.05, 3.63) is 23.2 Å². The number of carboxylic acid groups (broad SMARTS) is 1. The van der Waals surface area contributed by atoms with Crippen LogP contribution in [0.25, 0.3) is 0 Å². The Bertz CT molecular complexity index is 477. The summed E-state index contributed by atoms with van der Waals surface area (Å²) >= 11 is 0. The van der Waals surface area contributed by atoms with E-state index in [1.165, 1.54) is 0 Å². The van der Waals surface area contributed by atoms with Gasteiger partial charge in [0.05, 0.1) is 5.56 Å². The molecule has 2 rings (SSSR count). The number of amides is 1. The number of hydrogen-bond acceptors (Lipinski definition) is 4.